The molecule has 1 N–H and O–H groups in total. The van der Waals surface area contributed by atoms with Crippen LogP contribution in [0.1, 0.15) is 23.7 Å². The van der Waals surface area contributed by atoms with E-state index < -0.39 is 0 Å². The van der Waals surface area contributed by atoms with E-state index in [0.717, 1.165) is 11.8 Å². The van der Waals surface area contributed by atoms with Crippen LogP contribution < -0.4 is 0 Å². The number of aliphatic hydroxyl groups excluding tert-OH is 1. The lowest BCUT2D eigenvalue weighted by Gasteiger charge is -2.04. The van der Waals surface area contributed by atoms with Crippen molar-refractivity contribution < 1.29 is 14.6 Å². The summed E-state index contributed by atoms with van der Waals surface area (Å²) in [5, 5.41) is 8.61. The van der Waals surface area contributed by atoms with Crippen molar-refractivity contribution in [2.24, 2.45) is 0 Å². The highest BCUT2D eigenvalue weighted by Crippen LogP contribution is 2.03. The van der Waals surface area contributed by atoms with Gasteiger partial charge in [-0.15, -0.1) is 0 Å². The highest BCUT2D eigenvalue weighted by molar-refractivity contribution is 5.89. The molecule has 1 aromatic carbocycles. The Morgan fingerprint density at radius 2 is 2.07 bits per heavy atom. The van der Waals surface area contributed by atoms with Crippen LogP contribution in [0, 0.1) is 0 Å². The minimum atomic E-state index is -0.332. The van der Waals surface area contributed by atoms with E-state index in [9.17, 15) is 4.79 Å². The highest BCUT2D eigenvalue weighted by atomic mass is 16.5. The molecule has 1 aromatic rings. The van der Waals surface area contributed by atoms with Gasteiger partial charge in [-0.2, -0.15) is 0 Å². The number of benzene rings is 1. The second kappa shape index (κ2) is 5.86. The Balaban J connectivity index is 2.38. The third-order valence-electron chi connectivity index (χ3n) is 1.96. The van der Waals surface area contributed by atoms with Crippen molar-refractivity contribution in [1.29, 1.82) is 0 Å². The molecule has 3 nitrogen and oxygen atoms in total. The fourth-order valence-electron chi connectivity index (χ4n) is 1.03. The molecular formula is C12H14O3. The Bertz CT molecular complexity index is 341. The maximum atomic E-state index is 11.4. The molecule has 0 saturated heterocycles. The van der Waals surface area contributed by atoms with Gasteiger partial charge in [0.2, 0.25) is 0 Å². The van der Waals surface area contributed by atoms with Crippen LogP contribution in [0.15, 0.2) is 42.2 Å². The molecule has 80 valence electrons. The maximum Gasteiger partial charge on any atom is 0.338 e. The van der Waals surface area contributed by atoms with Crippen LogP contribution in [0.3, 0.4) is 0 Å². The fourth-order valence-corrected chi connectivity index (χ4v) is 1.03. The number of carbonyl (C=O) groups is 1. The molecule has 3 heteroatoms. The van der Waals surface area contributed by atoms with Gasteiger partial charge in [-0.3, -0.25) is 0 Å². The second-order valence-electron chi connectivity index (χ2n) is 3.23. The second-order valence-corrected chi connectivity index (χ2v) is 3.23. The molecule has 0 aliphatic rings. The molecular weight excluding hydrogens is 192 g/mol. The normalized spacial score (nSPS) is 11.1. The summed E-state index contributed by atoms with van der Waals surface area (Å²) in [4.78, 5) is 11.4. The Morgan fingerprint density at radius 3 is 2.67 bits per heavy atom. The van der Waals surface area contributed by atoms with Gasteiger partial charge < -0.3 is 9.84 Å². The van der Waals surface area contributed by atoms with Crippen LogP contribution in [-0.2, 0) is 4.74 Å². The Kier molecular flexibility index (Phi) is 4.41. The van der Waals surface area contributed by atoms with E-state index >= 15 is 0 Å². The van der Waals surface area contributed by atoms with Crippen molar-refractivity contribution in [3.8, 4) is 0 Å². The zero-order valence-corrected chi connectivity index (χ0v) is 8.64. The predicted octanol–water partition coefficient (Wildman–Crippen LogP) is 2.70. The Morgan fingerprint density at radius 1 is 1.40 bits per heavy atom. The van der Waals surface area contributed by atoms with Gasteiger partial charge in [0.1, 0.15) is 0 Å². The van der Waals surface area contributed by atoms with Crippen LogP contribution in [0.4, 0.5) is 0 Å². The first-order chi connectivity index (χ1) is 7.24. The van der Waals surface area contributed by atoms with E-state index in [1.807, 2.05) is 6.07 Å². The summed E-state index contributed by atoms with van der Waals surface area (Å²) < 4.78 is 5.01. The minimum Gasteiger partial charge on any atom is -0.516 e. The summed E-state index contributed by atoms with van der Waals surface area (Å²) >= 11 is 0. The Hall–Kier alpha value is -1.77. The first kappa shape index (κ1) is 11.3. The molecule has 0 heterocycles. The lowest BCUT2D eigenvalue weighted by molar-refractivity contribution is 0.0508. The third kappa shape index (κ3) is 3.85. The Labute approximate surface area is 89.0 Å². The van der Waals surface area contributed by atoms with E-state index in [1.165, 1.54) is 0 Å². The van der Waals surface area contributed by atoms with Gasteiger partial charge in [-0.1, -0.05) is 18.2 Å². The van der Waals surface area contributed by atoms with Crippen LogP contribution in [0.25, 0.3) is 0 Å². The van der Waals surface area contributed by atoms with Crippen LogP contribution in [0.2, 0.25) is 0 Å². The van der Waals surface area contributed by atoms with Gasteiger partial charge in [-0.25, -0.2) is 4.79 Å². The summed E-state index contributed by atoms with van der Waals surface area (Å²) in [6, 6.07) is 8.83. The molecule has 0 unspecified atom stereocenters. The van der Waals surface area contributed by atoms with E-state index in [0.29, 0.717) is 12.0 Å². The van der Waals surface area contributed by atoms with Gasteiger partial charge in [0.25, 0.3) is 0 Å². The van der Waals surface area contributed by atoms with Crippen molar-refractivity contribution in [3.05, 3.63) is 47.7 Å². The zero-order chi connectivity index (χ0) is 11.1. The summed E-state index contributed by atoms with van der Waals surface area (Å²) in [6.45, 7) is 2.06. The maximum absolute atomic E-state index is 11.4. The predicted molar refractivity (Wildman–Crippen MR) is 57.7 cm³/mol. The smallest absolute Gasteiger partial charge is 0.338 e. The number of esters is 1. The average molecular weight is 206 g/mol. The van der Waals surface area contributed by atoms with E-state index in [4.69, 9.17) is 9.84 Å². The molecule has 0 bridgehead atoms. The quantitative estimate of drug-likeness (QED) is 0.608. The number of carbonyl (C=O) groups excluding carboxylic acids is 1. The van der Waals surface area contributed by atoms with Crippen LogP contribution >= 0.6 is 0 Å². The molecule has 0 saturated carbocycles. The molecule has 1 rings (SSSR count). The van der Waals surface area contributed by atoms with E-state index in [-0.39, 0.29) is 12.6 Å². The lowest BCUT2D eigenvalue weighted by atomic mass is 10.2. The van der Waals surface area contributed by atoms with Gasteiger partial charge in [-0.05, 0) is 24.6 Å². The summed E-state index contributed by atoms with van der Waals surface area (Å²) in [5.41, 5.74) is 1.33. The number of ether oxygens (including phenoxy) is 1. The lowest BCUT2D eigenvalue weighted by Crippen LogP contribution is -2.06. The molecule has 0 aliphatic carbocycles. The number of hydrogen-bond acceptors (Lipinski definition) is 3. The van der Waals surface area contributed by atoms with Crippen molar-refractivity contribution >= 4 is 5.97 Å². The number of aliphatic hydroxyl groups is 1. The minimum absolute atomic E-state index is 0.288. The van der Waals surface area contributed by atoms with Gasteiger partial charge >= 0.3 is 5.97 Å². The number of hydrogen-bond donors (Lipinski definition) is 1. The topological polar surface area (TPSA) is 46.5 Å². The molecule has 0 radical (unpaired) electrons. The van der Waals surface area contributed by atoms with Crippen molar-refractivity contribution in [3.63, 3.8) is 0 Å². The summed E-state index contributed by atoms with van der Waals surface area (Å²) in [7, 11) is 0. The molecule has 0 fully saturated rings. The third-order valence-corrected chi connectivity index (χ3v) is 1.96. The average Bonchev–Trinajstić information content (AvgIpc) is 2.29. The summed E-state index contributed by atoms with van der Waals surface area (Å²) in [5.74, 6) is -0.332. The monoisotopic (exact) mass is 206 g/mol. The molecule has 0 atom stereocenters. The van der Waals surface area contributed by atoms with Crippen molar-refractivity contribution in [2.75, 3.05) is 6.61 Å². The molecule has 0 amide bonds. The van der Waals surface area contributed by atoms with Gasteiger partial charge in [0, 0.05) is 6.42 Å². The first-order valence-corrected chi connectivity index (χ1v) is 4.76. The molecule has 15 heavy (non-hydrogen) atoms. The van der Waals surface area contributed by atoms with Crippen molar-refractivity contribution in [2.45, 2.75) is 13.3 Å². The number of rotatable bonds is 4. The van der Waals surface area contributed by atoms with Crippen molar-refractivity contribution in [1.82, 2.24) is 0 Å². The first-order valence-electron chi connectivity index (χ1n) is 4.76. The highest BCUT2D eigenvalue weighted by Gasteiger charge is 2.04. The molecule has 0 spiro atoms. The summed E-state index contributed by atoms with van der Waals surface area (Å²) in [6.07, 6.45) is 1.57. The molecule has 0 aliphatic heterocycles. The van der Waals surface area contributed by atoms with Crippen LogP contribution in [0.5, 0.6) is 0 Å². The fraction of sp³-hybridized carbons (Fsp3) is 0.250. The van der Waals surface area contributed by atoms with Gasteiger partial charge in [0.15, 0.2) is 0 Å². The SMILES string of the molecule is CC(=CO)CCOC(=O)c1ccccc1. The van der Waals surface area contributed by atoms with E-state index in [2.05, 4.69) is 0 Å². The van der Waals surface area contributed by atoms with E-state index in [1.54, 1.807) is 31.2 Å². The van der Waals surface area contributed by atoms with Crippen LogP contribution in [-0.4, -0.2) is 17.7 Å². The standard InChI is InChI=1S/C12H14O3/c1-10(9-13)7-8-15-12(14)11-5-3-2-4-6-11/h2-6,9,13H,7-8H2,1H3. The largest absolute Gasteiger partial charge is 0.516 e. The zero-order valence-electron chi connectivity index (χ0n) is 8.64. The molecule has 0 aromatic heterocycles. The van der Waals surface area contributed by atoms with Gasteiger partial charge in [0.05, 0.1) is 18.4 Å².